The van der Waals surface area contributed by atoms with Gasteiger partial charge in [-0.3, -0.25) is 0 Å². The Kier molecular flexibility index (Phi) is 5.66. The van der Waals surface area contributed by atoms with Crippen molar-refractivity contribution in [3.63, 3.8) is 0 Å². The first-order chi connectivity index (χ1) is 13.1. The molecule has 0 saturated heterocycles. The normalized spacial score (nSPS) is 10.4. The van der Waals surface area contributed by atoms with Gasteiger partial charge in [-0.2, -0.15) is 4.98 Å². The van der Waals surface area contributed by atoms with Crippen LogP contribution in [0.4, 0.5) is 23.1 Å². The molecular formula is C21H22N4O2. The van der Waals surface area contributed by atoms with Crippen LogP contribution in [0, 0.1) is 0 Å². The summed E-state index contributed by atoms with van der Waals surface area (Å²) >= 11 is 0. The van der Waals surface area contributed by atoms with E-state index in [4.69, 9.17) is 0 Å². The molecule has 0 aliphatic rings. The molecule has 0 aliphatic carbocycles. The average Bonchev–Trinajstić information content (AvgIpc) is 2.68. The maximum absolute atomic E-state index is 11.4. The highest BCUT2D eigenvalue weighted by molar-refractivity contribution is 5.95. The number of aryl methyl sites for hydroxylation is 2. The van der Waals surface area contributed by atoms with Crippen molar-refractivity contribution in [2.24, 2.45) is 0 Å². The number of nitrogens with zero attached hydrogens (tertiary/aromatic N) is 2. The summed E-state index contributed by atoms with van der Waals surface area (Å²) < 4.78 is 0. The van der Waals surface area contributed by atoms with Crippen LogP contribution in [0.3, 0.4) is 0 Å². The Hall–Kier alpha value is -3.41. The highest BCUT2D eigenvalue weighted by Crippen LogP contribution is 2.26. The molecule has 0 aliphatic heterocycles. The largest absolute Gasteiger partial charge is 0.478 e. The summed E-state index contributed by atoms with van der Waals surface area (Å²) in [5, 5.41) is 15.7. The lowest BCUT2D eigenvalue weighted by atomic mass is 10.0. The second-order valence-corrected chi connectivity index (χ2v) is 6.02. The van der Waals surface area contributed by atoms with E-state index in [1.807, 2.05) is 0 Å². The first-order valence-corrected chi connectivity index (χ1v) is 8.92. The van der Waals surface area contributed by atoms with Gasteiger partial charge in [0.25, 0.3) is 0 Å². The van der Waals surface area contributed by atoms with E-state index in [0.717, 1.165) is 18.5 Å². The predicted octanol–water partition coefficient (Wildman–Crippen LogP) is 4.79. The standard InChI is InChI=1S/C21H22N4O2/c1-3-14-8-7-9-15(4-2)19(14)25-21-22-13-12-18(24-21)23-17-11-6-5-10-16(17)20(26)27/h5-13H,3-4H2,1-2H3,(H,26,27)(H2,22,23,24,25). The number of carboxylic acids is 1. The molecule has 27 heavy (non-hydrogen) atoms. The zero-order chi connectivity index (χ0) is 19.2. The number of aromatic carboxylic acids is 1. The van der Waals surface area contributed by atoms with Gasteiger partial charge in [0.2, 0.25) is 5.95 Å². The van der Waals surface area contributed by atoms with Crippen molar-refractivity contribution in [2.75, 3.05) is 10.6 Å². The summed E-state index contributed by atoms with van der Waals surface area (Å²) in [5.41, 5.74) is 4.11. The zero-order valence-corrected chi connectivity index (χ0v) is 15.4. The van der Waals surface area contributed by atoms with E-state index in [1.165, 1.54) is 11.1 Å². The van der Waals surface area contributed by atoms with Crippen molar-refractivity contribution < 1.29 is 9.90 Å². The predicted molar refractivity (Wildman–Crippen MR) is 107 cm³/mol. The summed E-state index contributed by atoms with van der Waals surface area (Å²) in [5.74, 6) is -0.00778. The minimum Gasteiger partial charge on any atom is -0.478 e. The maximum Gasteiger partial charge on any atom is 0.337 e. The second kappa shape index (κ2) is 8.31. The van der Waals surface area contributed by atoms with E-state index >= 15 is 0 Å². The molecule has 3 N–H and O–H groups in total. The van der Waals surface area contributed by atoms with Crippen LogP contribution in [-0.4, -0.2) is 21.0 Å². The Bertz CT molecular complexity index is 934. The van der Waals surface area contributed by atoms with E-state index < -0.39 is 5.97 Å². The smallest absolute Gasteiger partial charge is 0.337 e. The third kappa shape index (κ3) is 4.23. The molecule has 3 rings (SSSR count). The van der Waals surface area contributed by atoms with E-state index in [9.17, 15) is 9.90 Å². The fourth-order valence-electron chi connectivity index (χ4n) is 2.92. The van der Waals surface area contributed by atoms with Crippen molar-refractivity contribution in [1.29, 1.82) is 0 Å². The summed E-state index contributed by atoms with van der Waals surface area (Å²) in [4.78, 5) is 20.2. The Morgan fingerprint density at radius 3 is 2.33 bits per heavy atom. The number of benzene rings is 2. The van der Waals surface area contributed by atoms with E-state index in [2.05, 4.69) is 52.6 Å². The van der Waals surface area contributed by atoms with Gasteiger partial charge in [-0.05, 0) is 42.2 Å². The number of carboxylic acid groups (broad SMARTS) is 1. The van der Waals surface area contributed by atoms with Crippen molar-refractivity contribution in [2.45, 2.75) is 26.7 Å². The third-order valence-corrected chi connectivity index (χ3v) is 4.31. The first kappa shape index (κ1) is 18.4. The maximum atomic E-state index is 11.4. The molecule has 1 heterocycles. The van der Waals surface area contributed by atoms with Gasteiger partial charge in [-0.25, -0.2) is 9.78 Å². The summed E-state index contributed by atoms with van der Waals surface area (Å²) in [7, 11) is 0. The van der Waals surface area contributed by atoms with Gasteiger partial charge in [0.1, 0.15) is 5.82 Å². The monoisotopic (exact) mass is 362 g/mol. The minimum atomic E-state index is -0.991. The number of aromatic nitrogens is 2. The van der Waals surface area contributed by atoms with Crippen LogP contribution >= 0.6 is 0 Å². The van der Waals surface area contributed by atoms with Crippen LogP contribution in [0.2, 0.25) is 0 Å². The molecule has 6 nitrogen and oxygen atoms in total. The lowest BCUT2D eigenvalue weighted by molar-refractivity contribution is 0.0698. The molecule has 3 aromatic rings. The highest BCUT2D eigenvalue weighted by Gasteiger charge is 2.11. The summed E-state index contributed by atoms with van der Waals surface area (Å²) in [6, 6.07) is 14.7. The highest BCUT2D eigenvalue weighted by atomic mass is 16.4. The van der Waals surface area contributed by atoms with Crippen molar-refractivity contribution in [1.82, 2.24) is 9.97 Å². The molecule has 0 spiro atoms. The van der Waals surface area contributed by atoms with E-state index in [-0.39, 0.29) is 5.56 Å². The lowest BCUT2D eigenvalue weighted by Crippen LogP contribution is -2.06. The number of nitrogens with one attached hydrogen (secondary N) is 2. The number of rotatable bonds is 7. The molecule has 138 valence electrons. The Morgan fingerprint density at radius 2 is 1.67 bits per heavy atom. The molecule has 0 amide bonds. The number of hydrogen-bond acceptors (Lipinski definition) is 5. The van der Waals surface area contributed by atoms with Gasteiger partial charge in [0, 0.05) is 11.9 Å². The fourth-order valence-corrected chi connectivity index (χ4v) is 2.92. The molecular weight excluding hydrogens is 340 g/mol. The molecule has 2 aromatic carbocycles. The zero-order valence-electron chi connectivity index (χ0n) is 15.4. The molecule has 0 atom stereocenters. The van der Waals surface area contributed by atoms with Gasteiger partial charge in [-0.1, -0.05) is 44.2 Å². The quantitative estimate of drug-likeness (QED) is 0.560. The van der Waals surface area contributed by atoms with Crippen LogP contribution in [0.15, 0.2) is 54.7 Å². The molecule has 0 unspecified atom stereocenters. The topological polar surface area (TPSA) is 87.1 Å². The Balaban J connectivity index is 1.89. The first-order valence-electron chi connectivity index (χ1n) is 8.92. The summed E-state index contributed by atoms with van der Waals surface area (Å²) in [6.45, 7) is 4.23. The molecule has 0 saturated carbocycles. The van der Waals surface area contributed by atoms with Gasteiger partial charge in [0.05, 0.1) is 11.3 Å². The van der Waals surface area contributed by atoms with Crippen LogP contribution in [0.1, 0.15) is 35.3 Å². The van der Waals surface area contributed by atoms with Crippen LogP contribution in [-0.2, 0) is 12.8 Å². The second-order valence-electron chi connectivity index (χ2n) is 6.02. The van der Waals surface area contributed by atoms with Gasteiger partial charge < -0.3 is 15.7 Å². The molecule has 1 aromatic heterocycles. The van der Waals surface area contributed by atoms with E-state index in [1.54, 1.807) is 36.5 Å². The fraction of sp³-hybridized carbons (Fsp3) is 0.190. The molecule has 0 fully saturated rings. The van der Waals surface area contributed by atoms with Crippen LogP contribution in [0.5, 0.6) is 0 Å². The molecule has 0 radical (unpaired) electrons. The van der Waals surface area contributed by atoms with Crippen molar-refractivity contribution in [3.05, 3.63) is 71.4 Å². The Labute approximate surface area is 158 Å². The van der Waals surface area contributed by atoms with Crippen molar-refractivity contribution in [3.8, 4) is 0 Å². The van der Waals surface area contributed by atoms with Gasteiger partial charge in [-0.15, -0.1) is 0 Å². The number of hydrogen-bond donors (Lipinski definition) is 3. The van der Waals surface area contributed by atoms with Crippen molar-refractivity contribution >= 4 is 29.1 Å². The molecule has 6 heteroatoms. The van der Waals surface area contributed by atoms with Gasteiger partial charge >= 0.3 is 5.97 Å². The Morgan fingerprint density at radius 1 is 0.963 bits per heavy atom. The van der Waals surface area contributed by atoms with Crippen LogP contribution < -0.4 is 10.6 Å². The van der Waals surface area contributed by atoms with E-state index in [0.29, 0.717) is 17.5 Å². The number of carbonyl (C=O) groups is 1. The van der Waals surface area contributed by atoms with Gasteiger partial charge in [0.15, 0.2) is 0 Å². The summed E-state index contributed by atoms with van der Waals surface area (Å²) in [6.07, 6.45) is 3.45. The minimum absolute atomic E-state index is 0.190. The van der Waals surface area contributed by atoms with Crippen LogP contribution in [0.25, 0.3) is 0 Å². The SMILES string of the molecule is CCc1cccc(CC)c1Nc1nccc(Nc2ccccc2C(=O)O)n1. The number of anilines is 4. The average molecular weight is 362 g/mol. The molecule has 0 bridgehead atoms. The number of para-hydroxylation sites is 2. The third-order valence-electron chi connectivity index (χ3n) is 4.31. The lowest BCUT2D eigenvalue weighted by Gasteiger charge is -2.15.